The summed E-state index contributed by atoms with van der Waals surface area (Å²) in [6.07, 6.45) is 8.15. The number of hydrogen-bond acceptors (Lipinski definition) is 4. The van der Waals surface area contributed by atoms with Crippen LogP contribution < -0.4 is 11.1 Å². The number of nitrogens with zero attached hydrogens (tertiary/aromatic N) is 1. The summed E-state index contributed by atoms with van der Waals surface area (Å²) in [5.74, 6) is -0.478. The number of primary amides is 1. The molecule has 1 fully saturated rings. The van der Waals surface area contributed by atoms with E-state index in [4.69, 9.17) is 10.5 Å². The second kappa shape index (κ2) is 10.9. The van der Waals surface area contributed by atoms with Crippen LogP contribution in [0.5, 0.6) is 0 Å². The standard InChI is InChI=1S/C16H29N3O4/c1-19(13-8-4-2-5-9-13)14(20)12-23-15(21)10-6-3-7-11-18-16(17)22/h13H,2-12H2,1H3,(H3,17,18,22). The van der Waals surface area contributed by atoms with Crippen LogP contribution in [0.2, 0.25) is 0 Å². The number of unbranched alkanes of at least 4 members (excludes halogenated alkanes) is 2. The van der Waals surface area contributed by atoms with Gasteiger partial charge in [0.2, 0.25) is 0 Å². The molecule has 1 saturated carbocycles. The number of nitrogens with one attached hydrogen (secondary N) is 1. The lowest BCUT2D eigenvalue weighted by molar-refractivity contribution is -0.152. The molecule has 0 heterocycles. The van der Waals surface area contributed by atoms with Gasteiger partial charge in [0.1, 0.15) is 0 Å². The Bertz CT molecular complexity index is 395. The SMILES string of the molecule is CN(C(=O)COC(=O)CCCCCNC(N)=O)C1CCCCC1. The Morgan fingerprint density at radius 2 is 1.83 bits per heavy atom. The van der Waals surface area contributed by atoms with Crippen molar-refractivity contribution >= 4 is 17.9 Å². The van der Waals surface area contributed by atoms with Crippen LogP contribution in [0.1, 0.15) is 57.8 Å². The highest BCUT2D eigenvalue weighted by atomic mass is 16.5. The molecule has 0 spiro atoms. The van der Waals surface area contributed by atoms with Crippen molar-refractivity contribution in [3.63, 3.8) is 0 Å². The van der Waals surface area contributed by atoms with E-state index in [1.807, 2.05) is 0 Å². The lowest BCUT2D eigenvalue weighted by atomic mass is 9.94. The summed E-state index contributed by atoms with van der Waals surface area (Å²) in [4.78, 5) is 35.8. The molecule has 1 aliphatic rings. The average Bonchev–Trinajstić information content (AvgIpc) is 2.55. The van der Waals surface area contributed by atoms with Crippen LogP contribution in [0.4, 0.5) is 4.79 Å². The molecule has 0 aliphatic heterocycles. The summed E-state index contributed by atoms with van der Waals surface area (Å²) in [6, 6.07) is -0.252. The monoisotopic (exact) mass is 327 g/mol. The van der Waals surface area contributed by atoms with Crippen molar-refractivity contribution in [2.75, 3.05) is 20.2 Å². The Labute approximate surface area is 137 Å². The van der Waals surface area contributed by atoms with Gasteiger partial charge in [-0.1, -0.05) is 25.7 Å². The highest BCUT2D eigenvalue weighted by Gasteiger charge is 2.22. The Kier molecular flexibility index (Phi) is 9.09. The number of likely N-dealkylation sites (N-methyl/N-ethyl adjacent to an activating group) is 1. The molecule has 0 radical (unpaired) electrons. The van der Waals surface area contributed by atoms with Crippen molar-refractivity contribution in [2.24, 2.45) is 5.73 Å². The fourth-order valence-corrected chi connectivity index (χ4v) is 2.77. The second-order valence-electron chi connectivity index (χ2n) is 6.06. The van der Waals surface area contributed by atoms with Crippen molar-refractivity contribution in [2.45, 2.75) is 63.8 Å². The summed E-state index contributed by atoms with van der Waals surface area (Å²) >= 11 is 0. The predicted octanol–water partition coefficient (Wildman–Crippen LogP) is 1.55. The molecule has 0 unspecified atom stereocenters. The zero-order valence-electron chi connectivity index (χ0n) is 14.0. The molecule has 0 aromatic carbocycles. The van der Waals surface area contributed by atoms with Gasteiger partial charge in [0.05, 0.1) is 0 Å². The molecule has 132 valence electrons. The zero-order chi connectivity index (χ0) is 17.1. The molecule has 0 aromatic rings. The van der Waals surface area contributed by atoms with E-state index in [0.717, 1.165) is 38.5 Å². The van der Waals surface area contributed by atoms with Crippen molar-refractivity contribution in [3.8, 4) is 0 Å². The van der Waals surface area contributed by atoms with E-state index in [2.05, 4.69) is 5.32 Å². The second-order valence-corrected chi connectivity index (χ2v) is 6.06. The quantitative estimate of drug-likeness (QED) is 0.495. The molecule has 0 atom stereocenters. The van der Waals surface area contributed by atoms with Gasteiger partial charge in [-0.3, -0.25) is 9.59 Å². The molecule has 7 nitrogen and oxygen atoms in total. The van der Waals surface area contributed by atoms with E-state index in [-0.39, 0.29) is 30.9 Å². The van der Waals surface area contributed by atoms with Crippen molar-refractivity contribution < 1.29 is 19.1 Å². The van der Waals surface area contributed by atoms with Crippen LogP contribution in [0, 0.1) is 0 Å². The summed E-state index contributed by atoms with van der Waals surface area (Å²) in [5, 5.41) is 2.49. The Morgan fingerprint density at radius 3 is 2.48 bits per heavy atom. The molecule has 0 bridgehead atoms. The van der Waals surface area contributed by atoms with Crippen molar-refractivity contribution in [1.29, 1.82) is 0 Å². The maximum absolute atomic E-state index is 12.0. The van der Waals surface area contributed by atoms with Gasteiger partial charge < -0.3 is 20.7 Å². The molecule has 1 rings (SSSR count). The molecule has 1 aliphatic carbocycles. The van der Waals surface area contributed by atoms with E-state index in [1.165, 1.54) is 6.42 Å². The van der Waals surface area contributed by atoms with Crippen molar-refractivity contribution in [1.82, 2.24) is 10.2 Å². The number of ether oxygens (including phenoxy) is 1. The summed E-state index contributed by atoms with van der Waals surface area (Å²) < 4.78 is 5.04. The molecule has 7 heteroatoms. The maximum atomic E-state index is 12.0. The number of urea groups is 1. The molecule has 0 aromatic heterocycles. The van der Waals surface area contributed by atoms with Gasteiger partial charge >= 0.3 is 12.0 Å². The topological polar surface area (TPSA) is 102 Å². The first-order valence-corrected chi connectivity index (χ1v) is 8.45. The van der Waals surface area contributed by atoms with Crippen LogP contribution in [0.25, 0.3) is 0 Å². The third kappa shape index (κ3) is 8.42. The highest BCUT2D eigenvalue weighted by Crippen LogP contribution is 2.21. The number of carbonyl (C=O) groups excluding carboxylic acids is 3. The number of amides is 3. The first-order chi connectivity index (χ1) is 11.0. The van der Waals surface area contributed by atoms with Crippen LogP contribution in [0.15, 0.2) is 0 Å². The maximum Gasteiger partial charge on any atom is 0.312 e. The van der Waals surface area contributed by atoms with Crippen LogP contribution in [-0.2, 0) is 14.3 Å². The van der Waals surface area contributed by atoms with Gasteiger partial charge in [-0.05, 0) is 25.7 Å². The fourth-order valence-electron chi connectivity index (χ4n) is 2.77. The fraction of sp³-hybridized carbons (Fsp3) is 0.812. The zero-order valence-corrected chi connectivity index (χ0v) is 14.0. The van der Waals surface area contributed by atoms with E-state index in [9.17, 15) is 14.4 Å². The van der Waals surface area contributed by atoms with Crippen LogP contribution in [0.3, 0.4) is 0 Å². The average molecular weight is 327 g/mol. The molecule has 23 heavy (non-hydrogen) atoms. The van der Waals surface area contributed by atoms with Gasteiger partial charge in [-0.2, -0.15) is 0 Å². The summed E-state index contributed by atoms with van der Waals surface area (Å²) in [5.41, 5.74) is 4.94. The summed E-state index contributed by atoms with van der Waals surface area (Å²) in [6.45, 7) is 0.337. The van der Waals surface area contributed by atoms with Crippen LogP contribution in [-0.4, -0.2) is 49.0 Å². The van der Waals surface area contributed by atoms with Crippen molar-refractivity contribution in [3.05, 3.63) is 0 Å². The third-order valence-electron chi connectivity index (χ3n) is 4.23. The first-order valence-electron chi connectivity index (χ1n) is 8.45. The normalized spacial score (nSPS) is 15.0. The van der Waals surface area contributed by atoms with Crippen LogP contribution >= 0.6 is 0 Å². The van der Waals surface area contributed by atoms with E-state index < -0.39 is 6.03 Å². The Hall–Kier alpha value is -1.79. The lowest BCUT2D eigenvalue weighted by Crippen LogP contribution is -2.40. The smallest absolute Gasteiger partial charge is 0.312 e. The Balaban J connectivity index is 2.07. The first kappa shape index (κ1) is 19.3. The molecule has 3 amide bonds. The number of nitrogens with two attached hydrogens (primary N) is 1. The summed E-state index contributed by atoms with van der Waals surface area (Å²) in [7, 11) is 1.79. The third-order valence-corrected chi connectivity index (χ3v) is 4.23. The molecular formula is C16H29N3O4. The number of hydrogen-bond donors (Lipinski definition) is 2. The lowest BCUT2D eigenvalue weighted by Gasteiger charge is -2.31. The number of esters is 1. The minimum absolute atomic E-state index is 0.129. The molecular weight excluding hydrogens is 298 g/mol. The highest BCUT2D eigenvalue weighted by molar-refractivity contribution is 5.80. The largest absolute Gasteiger partial charge is 0.456 e. The molecule has 3 N–H and O–H groups in total. The van der Waals surface area contributed by atoms with Gasteiger partial charge in [0, 0.05) is 26.1 Å². The minimum Gasteiger partial charge on any atom is -0.456 e. The van der Waals surface area contributed by atoms with E-state index in [1.54, 1.807) is 11.9 Å². The number of rotatable bonds is 9. The van der Waals surface area contributed by atoms with Gasteiger partial charge in [0.25, 0.3) is 5.91 Å². The predicted molar refractivity (Wildman–Crippen MR) is 86.7 cm³/mol. The Morgan fingerprint density at radius 1 is 1.13 bits per heavy atom. The van der Waals surface area contributed by atoms with Gasteiger partial charge in [-0.15, -0.1) is 0 Å². The van der Waals surface area contributed by atoms with Gasteiger partial charge in [-0.25, -0.2) is 4.79 Å². The number of carbonyl (C=O) groups is 3. The minimum atomic E-state index is -0.537. The molecule has 0 saturated heterocycles. The van der Waals surface area contributed by atoms with E-state index in [0.29, 0.717) is 13.0 Å². The van der Waals surface area contributed by atoms with Gasteiger partial charge in [0.15, 0.2) is 6.61 Å². The van der Waals surface area contributed by atoms with E-state index >= 15 is 0 Å².